The second-order valence-corrected chi connectivity index (χ2v) is 4.45. The highest BCUT2D eigenvalue weighted by atomic mass is 16.5. The summed E-state index contributed by atoms with van der Waals surface area (Å²) in [6.45, 7) is 3.49. The summed E-state index contributed by atoms with van der Waals surface area (Å²) in [5.74, 6) is 1.01. The molecule has 3 nitrogen and oxygen atoms in total. The molecule has 1 aromatic rings. The number of quaternary nitrogens is 2. The van der Waals surface area contributed by atoms with Crippen molar-refractivity contribution in [2.45, 2.75) is 18.9 Å². The van der Waals surface area contributed by atoms with Gasteiger partial charge in [0.15, 0.2) is 6.04 Å². The van der Waals surface area contributed by atoms with Crippen LogP contribution in [0.25, 0.3) is 0 Å². The van der Waals surface area contributed by atoms with E-state index in [9.17, 15) is 0 Å². The number of nitrogens with one attached hydrogen (secondary N) is 1. The lowest BCUT2D eigenvalue weighted by Gasteiger charge is -2.23. The van der Waals surface area contributed by atoms with Crippen molar-refractivity contribution in [1.29, 1.82) is 0 Å². The zero-order valence-electron chi connectivity index (χ0n) is 10.0. The van der Waals surface area contributed by atoms with Gasteiger partial charge in [0.2, 0.25) is 0 Å². The summed E-state index contributed by atoms with van der Waals surface area (Å²) in [5.41, 5.74) is 5.42. The van der Waals surface area contributed by atoms with Crippen molar-refractivity contribution in [3.05, 3.63) is 29.8 Å². The smallest absolute Gasteiger partial charge is 0.166 e. The van der Waals surface area contributed by atoms with E-state index >= 15 is 0 Å². The average molecular weight is 222 g/mol. The summed E-state index contributed by atoms with van der Waals surface area (Å²) in [6.07, 6.45) is 2.70. The molecule has 16 heavy (non-hydrogen) atoms. The van der Waals surface area contributed by atoms with Gasteiger partial charge in [-0.05, 0) is 12.1 Å². The van der Waals surface area contributed by atoms with Crippen molar-refractivity contribution in [1.82, 2.24) is 0 Å². The van der Waals surface area contributed by atoms with Gasteiger partial charge in [-0.15, -0.1) is 0 Å². The molecular weight excluding hydrogens is 200 g/mol. The van der Waals surface area contributed by atoms with E-state index in [-0.39, 0.29) is 0 Å². The molecule has 0 amide bonds. The standard InChI is InChI=1S/C13H20N2O/c1-16-13-7-3-2-6-11(13)12(10-14)15-8-4-5-9-15/h2-3,6-7,12H,4-5,8-10,14H2,1H3/p+2/t12-/m1/s1. The first-order valence-corrected chi connectivity index (χ1v) is 6.13. The summed E-state index contributed by atoms with van der Waals surface area (Å²) in [6, 6.07) is 8.85. The highest BCUT2D eigenvalue weighted by Crippen LogP contribution is 2.22. The topological polar surface area (TPSA) is 41.3 Å². The molecule has 2 rings (SSSR count). The Morgan fingerprint density at radius 2 is 2.00 bits per heavy atom. The summed E-state index contributed by atoms with van der Waals surface area (Å²) < 4.78 is 5.45. The zero-order chi connectivity index (χ0) is 11.4. The lowest BCUT2D eigenvalue weighted by molar-refractivity contribution is -0.926. The van der Waals surface area contributed by atoms with E-state index in [4.69, 9.17) is 4.74 Å². The van der Waals surface area contributed by atoms with Gasteiger partial charge in [-0.1, -0.05) is 12.1 Å². The van der Waals surface area contributed by atoms with Gasteiger partial charge in [-0.3, -0.25) is 0 Å². The second-order valence-electron chi connectivity index (χ2n) is 4.45. The van der Waals surface area contributed by atoms with Crippen LogP contribution in [-0.4, -0.2) is 26.7 Å². The predicted molar refractivity (Wildman–Crippen MR) is 63.4 cm³/mol. The maximum absolute atomic E-state index is 5.45. The first kappa shape index (κ1) is 11.4. The van der Waals surface area contributed by atoms with Crippen LogP contribution in [0.4, 0.5) is 0 Å². The Labute approximate surface area is 97.2 Å². The number of ether oxygens (including phenoxy) is 1. The average Bonchev–Trinajstić information content (AvgIpc) is 2.84. The van der Waals surface area contributed by atoms with Gasteiger partial charge in [0.05, 0.1) is 25.8 Å². The first-order valence-electron chi connectivity index (χ1n) is 6.13. The number of benzene rings is 1. The van der Waals surface area contributed by atoms with Gasteiger partial charge in [0.25, 0.3) is 0 Å². The highest BCUT2D eigenvalue weighted by Gasteiger charge is 2.29. The molecule has 1 atom stereocenters. The lowest BCUT2D eigenvalue weighted by atomic mass is 10.0. The molecule has 0 radical (unpaired) electrons. The number of hydrogen-bond acceptors (Lipinski definition) is 1. The van der Waals surface area contributed by atoms with E-state index < -0.39 is 0 Å². The van der Waals surface area contributed by atoms with Crippen LogP contribution >= 0.6 is 0 Å². The minimum atomic E-state index is 0.499. The first-order chi connectivity index (χ1) is 7.86. The maximum Gasteiger partial charge on any atom is 0.166 e. The van der Waals surface area contributed by atoms with Crippen molar-refractivity contribution in [2.24, 2.45) is 0 Å². The third-order valence-electron chi connectivity index (χ3n) is 3.54. The monoisotopic (exact) mass is 222 g/mol. The fourth-order valence-electron chi connectivity index (χ4n) is 2.71. The van der Waals surface area contributed by atoms with E-state index in [0.29, 0.717) is 6.04 Å². The van der Waals surface area contributed by atoms with Crippen molar-refractivity contribution in [3.63, 3.8) is 0 Å². The molecular formula is C13H22N2O+2. The molecule has 4 N–H and O–H groups in total. The molecule has 1 aliphatic rings. The van der Waals surface area contributed by atoms with Crippen LogP contribution in [0.15, 0.2) is 24.3 Å². The minimum absolute atomic E-state index is 0.499. The molecule has 0 spiro atoms. The van der Waals surface area contributed by atoms with E-state index in [2.05, 4.69) is 17.9 Å². The number of para-hydroxylation sites is 1. The fourth-order valence-corrected chi connectivity index (χ4v) is 2.71. The van der Waals surface area contributed by atoms with Crippen molar-refractivity contribution in [3.8, 4) is 5.75 Å². The predicted octanol–water partition coefficient (Wildman–Crippen LogP) is -0.343. The molecule has 1 saturated heterocycles. The quantitative estimate of drug-likeness (QED) is 0.719. The van der Waals surface area contributed by atoms with Crippen LogP contribution in [0.3, 0.4) is 0 Å². The van der Waals surface area contributed by atoms with Gasteiger partial charge in [0, 0.05) is 12.8 Å². The van der Waals surface area contributed by atoms with Crippen LogP contribution in [0.1, 0.15) is 24.4 Å². The van der Waals surface area contributed by atoms with E-state index in [1.165, 1.54) is 31.5 Å². The van der Waals surface area contributed by atoms with Crippen molar-refractivity contribution >= 4 is 0 Å². The molecule has 0 bridgehead atoms. The maximum atomic E-state index is 5.45. The molecule has 1 aliphatic heterocycles. The molecule has 1 heterocycles. The molecule has 0 aliphatic carbocycles. The van der Waals surface area contributed by atoms with Gasteiger partial charge in [0.1, 0.15) is 12.3 Å². The van der Waals surface area contributed by atoms with Gasteiger partial charge in [-0.2, -0.15) is 0 Å². The van der Waals surface area contributed by atoms with Crippen LogP contribution in [0, 0.1) is 0 Å². The Morgan fingerprint density at radius 1 is 1.31 bits per heavy atom. The number of methoxy groups -OCH3 is 1. The summed E-state index contributed by atoms with van der Waals surface area (Å²) >= 11 is 0. The van der Waals surface area contributed by atoms with E-state index in [0.717, 1.165) is 12.3 Å². The largest absolute Gasteiger partial charge is 0.496 e. The second kappa shape index (κ2) is 5.32. The molecule has 3 heteroatoms. The number of likely N-dealkylation sites (tertiary alicyclic amines) is 1. The molecule has 1 fully saturated rings. The Hall–Kier alpha value is -1.06. The number of hydrogen-bond donors (Lipinski definition) is 2. The minimum Gasteiger partial charge on any atom is -0.496 e. The van der Waals surface area contributed by atoms with Crippen LogP contribution in [-0.2, 0) is 0 Å². The van der Waals surface area contributed by atoms with Gasteiger partial charge >= 0.3 is 0 Å². The number of rotatable bonds is 4. The lowest BCUT2D eigenvalue weighted by Crippen LogP contribution is -3.11. The normalized spacial score (nSPS) is 18.6. The Balaban J connectivity index is 2.24. The molecule has 0 aromatic heterocycles. The third kappa shape index (κ3) is 2.20. The Morgan fingerprint density at radius 3 is 2.62 bits per heavy atom. The van der Waals surface area contributed by atoms with Gasteiger partial charge < -0.3 is 15.4 Å². The van der Waals surface area contributed by atoms with E-state index in [1.807, 2.05) is 12.1 Å². The Bertz CT molecular complexity index is 334. The van der Waals surface area contributed by atoms with Gasteiger partial charge in [-0.25, -0.2) is 0 Å². The molecule has 0 saturated carbocycles. The van der Waals surface area contributed by atoms with E-state index in [1.54, 1.807) is 12.0 Å². The molecule has 0 unspecified atom stereocenters. The molecule has 1 aromatic carbocycles. The molecule has 88 valence electrons. The van der Waals surface area contributed by atoms with Crippen molar-refractivity contribution < 1.29 is 15.4 Å². The van der Waals surface area contributed by atoms with Crippen LogP contribution < -0.4 is 15.4 Å². The summed E-state index contributed by atoms with van der Waals surface area (Å²) in [4.78, 5) is 1.67. The van der Waals surface area contributed by atoms with Crippen LogP contribution in [0.5, 0.6) is 5.75 Å². The SMILES string of the molecule is COc1ccccc1[C@@H](C[NH3+])[NH+]1CCCC1. The highest BCUT2D eigenvalue weighted by molar-refractivity contribution is 5.34. The zero-order valence-corrected chi connectivity index (χ0v) is 10.0. The van der Waals surface area contributed by atoms with Crippen LogP contribution in [0.2, 0.25) is 0 Å². The third-order valence-corrected chi connectivity index (χ3v) is 3.54. The summed E-state index contributed by atoms with van der Waals surface area (Å²) in [7, 11) is 1.75. The Kier molecular flexibility index (Phi) is 3.80. The summed E-state index contributed by atoms with van der Waals surface area (Å²) in [5, 5.41) is 0. The fraction of sp³-hybridized carbons (Fsp3) is 0.538. The van der Waals surface area contributed by atoms with Crippen molar-refractivity contribution in [2.75, 3.05) is 26.7 Å².